The quantitative estimate of drug-likeness (QED) is 0.0353. The lowest BCUT2D eigenvalue weighted by Crippen LogP contribution is -2.25. The number of aromatic carboxylic acids is 1. The number of carboxylic acid groups (broad SMARTS) is 1. The molecule has 0 amide bonds. The van der Waals surface area contributed by atoms with Crippen molar-refractivity contribution in [2.24, 2.45) is 4.99 Å². The SMILES string of the molecule is CCCCCCCCCCCCCCCCCCN=c1ccc2c(-c3ccccc3C(=O)O)c3ccc(N(CCCCCCCCCCCCCCCCCC)CCCCCCCCCCCCCCCCCC)cc3oc-2c1. The zero-order chi connectivity index (χ0) is 55.9. The molecule has 0 saturated carbocycles. The standard InChI is InChI=1S/C74H122N2O3/c1-4-7-10-13-16-19-22-25-28-31-34-37-40-43-46-51-60-75-65-56-58-69-71(63-65)79-72-64-66(57-59-70(72)73(69)67-54-49-50-55-68(67)74(77)78)76(61-52-47-44-41-38-35-32-29-26-23-20-17-14-11-8-5-2)62-53-48-45-42-39-36-33-30-27-24-21-18-15-12-9-6-3/h49-50,54-59,63-64H,4-48,51-53,60-62H2,1-3H3,(H,77,78). The van der Waals surface area contributed by atoms with Crippen LogP contribution in [-0.4, -0.2) is 30.7 Å². The fourth-order valence-corrected chi connectivity index (χ4v) is 12.3. The molecule has 2 aromatic rings. The molecule has 0 radical (unpaired) electrons. The lowest BCUT2D eigenvalue weighted by atomic mass is 9.90. The zero-order valence-electron chi connectivity index (χ0n) is 52.0. The van der Waals surface area contributed by atoms with Gasteiger partial charge in [0.2, 0.25) is 0 Å². The van der Waals surface area contributed by atoms with Gasteiger partial charge >= 0.3 is 5.97 Å². The molecule has 1 heterocycles. The van der Waals surface area contributed by atoms with E-state index in [1.54, 1.807) is 6.07 Å². The maximum absolute atomic E-state index is 12.7. The van der Waals surface area contributed by atoms with E-state index in [1.165, 1.54) is 307 Å². The third-order valence-electron chi connectivity index (χ3n) is 17.4. The summed E-state index contributed by atoms with van der Waals surface area (Å²) in [6.07, 6.45) is 66.0. The van der Waals surface area contributed by atoms with Crippen molar-refractivity contribution < 1.29 is 14.3 Å². The number of hydrogen-bond acceptors (Lipinski definition) is 4. The lowest BCUT2D eigenvalue weighted by molar-refractivity contribution is 0.0697. The molecule has 0 fully saturated rings. The van der Waals surface area contributed by atoms with E-state index in [0.717, 1.165) is 64.8 Å². The first-order chi connectivity index (χ1) is 39.1. The summed E-state index contributed by atoms with van der Waals surface area (Å²) in [5.41, 5.74) is 4.90. The normalized spacial score (nSPS) is 12.0. The van der Waals surface area contributed by atoms with Crippen LogP contribution in [0.5, 0.6) is 0 Å². The highest BCUT2D eigenvalue weighted by Crippen LogP contribution is 2.42. The fourth-order valence-electron chi connectivity index (χ4n) is 12.3. The van der Waals surface area contributed by atoms with Gasteiger partial charge in [-0.25, -0.2) is 4.79 Å². The topological polar surface area (TPSA) is 66.0 Å². The van der Waals surface area contributed by atoms with E-state index in [4.69, 9.17) is 9.41 Å². The average molecular weight is 1090 g/mol. The predicted molar refractivity (Wildman–Crippen MR) is 347 cm³/mol. The summed E-state index contributed by atoms with van der Waals surface area (Å²) < 4.78 is 6.91. The number of unbranched alkanes of at least 4 members (excludes halogenated alkanes) is 45. The zero-order valence-corrected chi connectivity index (χ0v) is 52.0. The molecule has 5 heteroatoms. The second-order valence-electron chi connectivity index (χ2n) is 24.5. The van der Waals surface area contributed by atoms with Crippen molar-refractivity contribution in [3.8, 4) is 22.5 Å². The number of hydrogen-bond donors (Lipinski definition) is 1. The van der Waals surface area contributed by atoms with Gasteiger partial charge in [0.05, 0.1) is 10.9 Å². The third kappa shape index (κ3) is 30.9. The fraction of sp³-hybridized carbons (Fsp3) is 0.730. The summed E-state index contributed by atoms with van der Waals surface area (Å²) >= 11 is 0. The van der Waals surface area contributed by atoms with Gasteiger partial charge in [0.25, 0.3) is 0 Å². The first kappa shape index (κ1) is 67.9. The number of fused-ring (bicyclic) bond motifs is 2. The molecule has 446 valence electrons. The molecule has 0 atom stereocenters. The highest BCUT2D eigenvalue weighted by Gasteiger charge is 2.22. The first-order valence-electron chi connectivity index (χ1n) is 34.7. The van der Waals surface area contributed by atoms with Crippen molar-refractivity contribution in [2.75, 3.05) is 24.5 Å². The Morgan fingerprint density at radius 2 is 0.772 bits per heavy atom. The molecule has 0 unspecified atom stereocenters. The van der Waals surface area contributed by atoms with Crippen molar-refractivity contribution in [2.45, 2.75) is 329 Å². The number of carboxylic acids is 1. The van der Waals surface area contributed by atoms with Crippen LogP contribution in [0.1, 0.15) is 339 Å². The second kappa shape index (κ2) is 46.9. The van der Waals surface area contributed by atoms with E-state index in [-0.39, 0.29) is 0 Å². The Morgan fingerprint density at radius 1 is 0.405 bits per heavy atom. The lowest BCUT2D eigenvalue weighted by Gasteiger charge is -2.26. The average Bonchev–Trinajstić information content (AvgIpc) is 3.49. The third-order valence-corrected chi connectivity index (χ3v) is 17.4. The maximum atomic E-state index is 12.7. The molecule has 5 nitrogen and oxygen atoms in total. The Kier molecular flexibility index (Phi) is 40.4. The van der Waals surface area contributed by atoms with Crippen LogP contribution in [0.3, 0.4) is 0 Å². The summed E-state index contributed by atoms with van der Waals surface area (Å²) in [5, 5.41) is 12.3. The second-order valence-corrected chi connectivity index (χ2v) is 24.5. The highest BCUT2D eigenvalue weighted by molar-refractivity contribution is 6.07. The molecular weight excluding hydrogens is 965 g/mol. The van der Waals surface area contributed by atoms with Crippen LogP contribution in [0.15, 0.2) is 70.1 Å². The summed E-state index contributed by atoms with van der Waals surface area (Å²) in [5.74, 6) is -0.154. The molecule has 0 bridgehead atoms. The molecule has 2 aliphatic rings. The molecule has 79 heavy (non-hydrogen) atoms. The molecule has 0 aromatic heterocycles. The van der Waals surface area contributed by atoms with Crippen LogP contribution in [-0.2, 0) is 0 Å². The van der Waals surface area contributed by atoms with Crippen LogP contribution in [0.2, 0.25) is 0 Å². The molecule has 2 aromatic carbocycles. The van der Waals surface area contributed by atoms with Gasteiger partial charge in [0, 0.05) is 54.0 Å². The van der Waals surface area contributed by atoms with Crippen molar-refractivity contribution in [1.29, 1.82) is 0 Å². The number of anilines is 1. The van der Waals surface area contributed by atoms with Crippen LogP contribution < -0.4 is 10.3 Å². The van der Waals surface area contributed by atoms with Crippen molar-refractivity contribution in [3.63, 3.8) is 0 Å². The Balaban J connectivity index is 1.35. The van der Waals surface area contributed by atoms with Gasteiger partial charge < -0.3 is 14.4 Å². The van der Waals surface area contributed by atoms with Gasteiger partial charge in [-0.2, -0.15) is 0 Å². The molecule has 1 aliphatic heterocycles. The number of rotatable bonds is 54. The maximum Gasteiger partial charge on any atom is 0.336 e. The van der Waals surface area contributed by atoms with Gasteiger partial charge in [0.1, 0.15) is 11.3 Å². The molecule has 0 spiro atoms. The first-order valence-corrected chi connectivity index (χ1v) is 34.7. The van der Waals surface area contributed by atoms with Crippen LogP contribution in [0.4, 0.5) is 5.69 Å². The minimum atomic E-state index is -0.913. The van der Waals surface area contributed by atoms with Crippen molar-refractivity contribution in [3.05, 3.63) is 71.6 Å². The van der Waals surface area contributed by atoms with E-state index in [2.05, 4.69) is 62.1 Å². The smallest absolute Gasteiger partial charge is 0.336 e. The van der Waals surface area contributed by atoms with Crippen LogP contribution >= 0.6 is 0 Å². The van der Waals surface area contributed by atoms with Gasteiger partial charge in [-0.1, -0.05) is 328 Å². The van der Waals surface area contributed by atoms with E-state index < -0.39 is 5.97 Å². The van der Waals surface area contributed by atoms with E-state index in [9.17, 15) is 9.90 Å². The number of benzene rings is 3. The van der Waals surface area contributed by atoms with Gasteiger partial charge in [0.15, 0.2) is 0 Å². The van der Waals surface area contributed by atoms with Gasteiger partial charge in [-0.3, -0.25) is 4.99 Å². The molecule has 4 rings (SSSR count). The van der Waals surface area contributed by atoms with Crippen molar-refractivity contribution >= 4 is 22.6 Å². The van der Waals surface area contributed by atoms with Gasteiger partial charge in [-0.15, -0.1) is 0 Å². The van der Waals surface area contributed by atoms with Crippen molar-refractivity contribution in [1.82, 2.24) is 0 Å². The molecular formula is C74H122N2O3. The molecule has 0 saturated heterocycles. The Labute approximate surface area is 487 Å². The Hall–Kier alpha value is -3.60. The van der Waals surface area contributed by atoms with Crippen LogP contribution in [0, 0.1) is 0 Å². The van der Waals surface area contributed by atoms with E-state index >= 15 is 0 Å². The number of nitrogens with zero attached hydrogens (tertiary/aromatic N) is 2. The minimum absolute atomic E-state index is 0.311. The summed E-state index contributed by atoms with van der Waals surface area (Å²) in [6, 6.07) is 20.5. The largest absolute Gasteiger partial charge is 0.478 e. The summed E-state index contributed by atoms with van der Waals surface area (Å²) in [7, 11) is 0. The minimum Gasteiger partial charge on any atom is -0.478 e. The monoisotopic (exact) mass is 1090 g/mol. The molecule has 1 aliphatic carbocycles. The highest BCUT2D eigenvalue weighted by atomic mass is 16.4. The molecule has 1 N–H and O–H groups in total. The summed E-state index contributed by atoms with van der Waals surface area (Å²) in [6.45, 7) is 9.81. The Bertz CT molecular complexity index is 2070. The number of carbonyl (C=O) groups is 1. The predicted octanol–water partition coefficient (Wildman–Crippen LogP) is 24.4. The Morgan fingerprint density at radius 3 is 1.16 bits per heavy atom. The van der Waals surface area contributed by atoms with E-state index in [0.29, 0.717) is 5.56 Å². The van der Waals surface area contributed by atoms with E-state index in [1.807, 2.05) is 18.2 Å². The van der Waals surface area contributed by atoms with Gasteiger partial charge in [-0.05, 0) is 55.2 Å². The summed E-state index contributed by atoms with van der Waals surface area (Å²) in [4.78, 5) is 20.4. The van der Waals surface area contributed by atoms with Crippen LogP contribution in [0.25, 0.3) is 33.4 Å².